The predicted molar refractivity (Wildman–Crippen MR) is 97.9 cm³/mol. The molecule has 1 fully saturated rings. The molecule has 2 N–H and O–H groups in total. The van der Waals surface area contributed by atoms with Crippen LogP contribution >= 0.6 is 11.3 Å². The summed E-state index contributed by atoms with van der Waals surface area (Å²) >= 11 is 1.51. The summed E-state index contributed by atoms with van der Waals surface area (Å²) in [6, 6.07) is 1.76. The Morgan fingerprint density at radius 3 is 3.04 bits per heavy atom. The van der Waals surface area contributed by atoms with Gasteiger partial charge in [0.1, 0.15) is 6.10 Å². The molecule has 136 valence electrons. The number of hydrogen-bond donors (Lipinski definition) is 2. The topological polar surface area (TPSA) is 81.1 Å². The van der Waals surface area contributed by atoms with Gasteiger partial charge in [-0.2, -0.15) is 5.10 Å². The Kier molecular flexibility index (Phi) is 5.70. The number of carbonyl (C=O) groups is 1. The van der Waals surface area contributed by atoms with Crippen LogP contribution in [0.3, 0.4) is 0 Å². The van der Waals surface area contributed by atoms with Crippen LogP contribution in [0.1, 0.15) is 42.1 Å². The van der Waals surface area contributed by atoms with Gasteiger partial charge in [0.15, 0.2) is 5.13 Å². The predicted octanol–water partition coefficient (Wildman–Crippen LogP) is 3.04. The first-order valence-corrected chi connectivity index (χ1v) is 9.50. The zero-order chi connectivity index (χ0) is 17.8. The Morgan fingerprint density at radius 2 is 2.36 bits per heavy atom. The number of nitrogens with one attached hydrogen (secondary N) is 2. The van der Waals surface area contributed by atoms with Crippen LogP contribution in [-0.4, -0.2) is 33.9 Å². The largest absolute Gasteiger partial charge is 0.372 e. The lowest BCUT2D eigenvalue weighted by atomic mass is 9.92. The summed E-state index contributed by atoms with van der Waals surface area (Å²) in [5.41, 5.74) is 2.09. The summed E-state index contributed by atoms with van der Waals surface area (Å²) in [5.74, 6) is 0.235. The van der Waals surface area contributed by atoms with Gasteiger partial charge in [0, 0.05) is 37.2 Å². The summed E-state index contributed by atoms with van der Waals surface area (Å²) < 4.78 is 7.80. The van der Waals surface area contributed by atoms with E-state index in [1.807, 2.05) is 24.7 Å². The number of carbonyl (C=O) groups excluding carboxylic acids is 1. The average molecular weight is 363 g/mol. The third-order valence-electron chi connectivity index (χ3n) is 4.57. The molecule has 2 aromatic heterocycles. The van der Waals surface area contributed by atoms with E-state index in [9.17, 15) is 4.79 Å². The molecule has 2 atom stereocenters. The van der Waals surface area contributed by atoms with Gasteiger partial charge in [0.2, 0.25) is 0 Å². The molecule has 0 unspecified atom stereocenters. The summed E-state index contributed by atoms with van der Waals surface area (Å²) in [4.78, 5) is 17.8. The molecule has 0 bridgehead atoms. The van der Waals surface area contributed by atoms with Crippen LogP contribution in [0.5, 0.6) is 0 Å². The number of hydrogen-bond acceptors (Lipinski definition) is 5. The highest BCUT2D eigenvalue weighted by Gasteiger charge is 2.29. The molecule has 0 saturated carbocycles. The Bertz CT molecular complexity index is 726. The highest BCUT2D eigenvalue weighted by Crippen LogP contribution is 2.32. The number of aryl methyl sites for hydroxylation is 3. The van der Waals surface area contributed by atoms with E-state index in [1.165, 1.54) is 11.3 Å². The number of nitrogens with zero attached hydrogens (tertiary/aromatic N) is 3. The van der Waals surface area contributed by atoms with Gasteiger partial charge in [0.25, 0.3) is 0 Å². The molecule has 1 saturated heterocycles. The number of ether oxygens (including phenoxy) is 1. The van der Waals surface area contributed by atoms with Crippen LogP contribution in [0.25, 0.3) is 0 Å². The van der Waals surface area contributed by atoms with E-state index < -0.39 is 0 Å². The van der Waals surface area contributed by atoms with E-state index in [-0.39, 0.29) is 18.1 Å². The van der Waals surface area contributed by atoms with Gasteiger partial charge >= 0.3 is 6.03 Å². The number of urea groups is 1. The first kappa shape index (κ1) is 17.9. The fourth-order valence-corrected chi connectivity index (χ4v) is 4.11. The van der Waals surface area contributed by atoms with Crippen molar-refractivity contribution in [3.8, 4) is 0 Å². The van der Waals surface area contributed by atoms with Crippen molar-refractivity contribution >= 4 is 22.5 Å². The molecule has 8 heteroatoms. The minimum atomic E-state index is -0.217. The molecule has 1 aliphatic heterocycles. The zero-order valence-corrected chi connectivity index (χ0v) is 15.7. The maximum Gasteiger partial charge on any atom is 0.321 e. The van der Waals surface area contributed by atoms with E-state index in [0.29, 0.717) is 11.7 Å². The van der Waals surface area contributed by atoms with Gasteiger partial charge in [-0.05, 0) is 32.3 Å². The fraction of sp³-hybridized carbons (Fsp3) is 0.588. The van der Waals surface area contributed by atoms with Crippen molar-refractivity contribution in [3.63, 3.8) is 0 Å². The SMILES string of the molecule is CCc1nc(NC(=O)NC[C@@H]2CCCO[C@H]2c2ccnn2C)sc1C. The maximum atomic E-state index is 12.2. The normalized spacial score (nSPS) is 20.4. The van der Waals surface area contributed by atoms with Crippen LogP contribution in [-0.2, 0) is 18.2 Å². The molecule has 7 nitrogen and oxygen atoms in total. The Balaban J connectivity index is 1.57. The van der Waals surface area contributed by atoms with Crippen molar-refractivity contribution in [2.45, 2.75) is 39.2 Å². The van der Waals surface area contributed by atoms with Gasteiger partial charge in [0.05, 0.1) is 11.4 Å². The lowest BCUT2D eigenvalue weighted by Crippen LogP contribution is -2.37. The third kappa shape index (κ3) is 4.19. The lowest BCUT2D eigenvalue weighted by Gasteiger charge is -2.31. The molecule has 1 aliphatic rings. The van der Waals surface area contributed by atoms with Crippen LogP contribution in [0.15, 0.2) is 12.3 Å². The highest BCUT2D eigenvalue weighted by molar-refractivity contribution is 7.15. The first-order chi connectivity index (χ1) is 12.1. The maximum absolute atomic E-state index is 12.2. The number of anilines is 1. The van der Waals surface area contributed by atoms with Crippen LogP contribution < -0.4 is 10.6 Å². The highest BCUT2D eigenvalue weighted by atomic mass is 32.1. The monoisotopic (exact) mass is 363 g/mol. The van der Waals surface area contributed by atoms with E-state index in [1.54, 1.807) is 6.20 Å². The molecular weight excluding hydrogens is 338 g/mol. The summed E-state index contributed by atoms with van der Waals surface area (Å²) in [6.45, 7) is 5.40. The molecule has 2 amide bonds. The number of thiazole rings is 1. The number of rotatable bonds is 5. The lowest BCUT2D eigenvalue weighted by molar-refractivity contribution is -0.0313. The Labute approximate surface area is 151 Å². The first-order valence-electron chi connectivity index (χ1n) is 8.69. The minimum absolute atomic E-state index is 0.0321. The minimum Gasteiger partial charge on any atom is -0.372 e. The molecule has 3 heterocycles. The van der Waals surface area contributed by atoms with Crippen molar-refractivity contribution in [1.82, 2.24) is 20.1 Å². The standard InChI is InChI=1S/C17H25N5O2S/c1-4-13-11(2)25-17(20-13)21-16(23)18-10-12-6-5-9-24-15(12)14-7-8-19-22(14)3/h7-8,12,15H,4-6,9-10H2,1-3H3,(H2,18,20,21,23)/t12-,15+/m0/s1. The second-order valence-corrected chi connectivity index (χ2v) is 7.49. The number of aromatic nitrogens is 3. The molecule has 0 aromatic carbocycles. The number of amides is 2. The summed E-state index contributed by atoms with van der Waals surface area (Å²) in [6.07, 6.45) is 4.65. The van der Waals surface area contributed by atoms with Crippen molar-refractivity contribution in [1.29, 1.82) is 0 Å². The van der Waals surface area contributed by atoms with E-state index in [4.69, 9.17) is 4.74 Å². The third-order valence-corrected chi connectivity index (χ3v) is 5.50. The van der Waals surface area contributed by atoms with Gasteiger partial charge in [-0.3, -0.25) is 10.00 Å². The molecule has 0 aliphatic carbocycles. The van der Waals surface area contributed by atoms with Crippen LogP contribution in [0.2, 0.25) is 0 Å². The van der Waals surface area contributed by atoms with Crippen molar-refractivity contribution in [2.75, 3.05) is 18.5 Å². The molecule has 0 spiro atoms. The summed E-state index contributed by atoms with van der Waals surface area (Å²) in [5, 5.41) is 10.7. The molecule has 0 radical (unpaired) electrons. The molecule has 3 rings (SSSR count). The second-order valence-electron chi connectivity index (χ2n) is 6.28. The van der Waals surface area contributed by atoms with Crippen molar-refractivity contribution < 1.29 is 9.53 Å². The van der Waals surface area contributed by atoms with Crippen LogP contribution in [0.4, 0.5) is 9.93 Å². The smallest absolute Gasteiger partial charge is 0.321 e. The van der Waals surface area contributed by atoms with Crippen LogP contribution in [0, 0.1) is 12.8 Å². The van der Waals surface area contributed by atoms with Gasteiger partial charge in [-0.1, -0.05) is 6.92 Å². The van der Waals surface area contributed by atoms with Crippen molar-refractivity contribution in [2.24, 2.45) is 13.0 Å². The van der Waals surface area contributed by atoms with Gasteiger partial charge < -0.3 is 10.1 Å². The van der Waals surface area contributed by atoms with E-state index in [2.05, 4.69) is 27.6 Å². The van der Waals surface area contributed by atoms with Gasteiger partial charge in [-0.25, -0.2) is 9.78 Å². The van der Waals surface area contributed by atoms with E-state index in [0.717, 1.165) is 42.1 Å². The molecule has 2 aromatic rings. The fourth-order valence-electron chi connectivity index (χ4n) is 3.22. The average Bonchev–Trinajstić information content (AvgIpc) is 3.18. The zero-order valence-electron chi connectivity index (χ0n) is 14.9. The van der Waals surface area contributed by atoms with Gasteiger partial charge in [-0.15, -0.1) is 11.3 Å². The quantitative estimate of drug-likeness (QED) is 0.855. The van der Waals surface area contributed by atoms with Crippen molar-refractivity contribution in [3.05, 3.63) is 28.5 Å². The summed E-state index contributed by atoms with van der Waals surface area (Å²) in [7, 11) is 1.92. The Hall–Kier alpha value is -1.93. The Morgan fingerprint density at radius 1 is 1.52 bits per heavy atom. The van der Waals surface area contributed by atoms with E-state index >= 15 is 0 Å². The second kappa shape index (κ2) is 7.97. The molecule has 25 heavy (non-hydrogen) atoms. The molecular formula is C17H25N5O2S.